The van der Waals surface area contributed by atoms with Gasteiger partial charge in [-0.05, 0) is 38.1 Å². The first-order valence-corrected chi connectivity index (χ1v) is 8.93. The summed E-state index contributed by atoms with van der Waals surface area (Å²) in [5.74, 6) is 1.43. The molecule has 4 rings (SSSR count). The molecule has 8 heteroatoms. The average Bonchev–Trinajstić information content (AvgIpc) is 2.66. The number of para-hydroxylation sites is 1. The predicted molar refractivity (Wildman–Crippen MR) is 104 cm³/mol. The van der Waals surface area contributed by atoms with Gasteiger partial charge in [0.05, 0.1) is 22.6 Å². The lowest BCUT2D eigenvalue weighted by atomic mass is 10.1. The molecule has 2 unspecified atom stereocenters. The minimum atomic E-state index is -0.410. The number of non-ortho nitro benzene ring substituents is 1. The van der Waals surface area contributed by atoms with Gasteiger partial charge in [-0.25, -0.2) is 9.97 Å². The van der Waals surface area contributed by atoms with Crippen LogP contribution in [0.3, 0.4) is 0 Å². The number of ether oxygens (including phenoxy) is 1. The highest BCUT2D eigenvalue weighted by Crippen LogP contribution is 2.30. The minimum absolute atomic E-state index is 0. The number of aromatic nitrogens is 2. The van der Waals surface area contributed by atoms with Crippen LogP contribution < -0.4 is 17.3 Å². The molecule has 1 aliphatic heterocycles. The maximum atomic E-state index is 10.9. The zero-order valence-electron chi connectivity index (χ0n) is 15.6. The summed E-state index contributed by atoms with van der Waals surface area (Å²) in [4.78, 5) is 22.2. The number of benzene rings is 2. The Morgan fingerprint density at radius 3 is 2.32 bits per heavy atom. The summed E-state index contributed by atoms with van der Waals surface area (Å²) in [6.07, 6.45) is 0.232. The largest absolute Gasteiger partial charge is 1.00 e. The second-order valence-electron chi connectivity index (χ2n) is 6.85. The van der Waals surface area contributed by atoms with E-state index >= 15 is 0 Å². The maximum Gasteiger partial charge on any atom is 0.269 e. The van der Waals surface area contributed by atoms with Crippen LogP contribution in [0.1, 0.15) is 13.8 Å². The van der Waals surface area contributed by atoms with Gasteiger partial charge in [0, 0.05) is 36.2 Å². The second kappa shape index (κ2) is 8.08. The molecule has 0 bridgehead atoms. The lowest BCUT2D eigenvalue weighted by Crippen LogP contribution is -3.00. The minimum Gasteiger partial charge on any atom is -1.00 e. The van der Waals surface area contributed by atoms with Gasteiger partial charge in [-0.15, -0.1) is 0 Å². The third-order valence-electron chi connectivity index (χ3n) is 4.64. The maximum absolute atomic E-state index is 10.9. The van der Waals surface area contributed by atoms with Crippen molar-refractivity contribution in [2.45, 2.75) is 26.1 Å². The molecule has 2 heterocycles. The molecular weight excluding hydrogens is 380 g/mol. The normalized spacial score (nSPS) is 19.3. The molecule has 1 fully saturated rings. The summed E-state index contributed by atoms with van der Waals surface area (Å²) in [5.41, 5.74) is 1.65. The molecule has 1 saturated heterocycles. The van der Waals surface area contributed by atoms with Gasteiger partial charge in [-0.3, -0.25) is 10.1 Å². The molecule has 0 aliphatic carbocycles. The Bertz CT molecular complexity index is 986. The number of nitro benzene ring substituents is 1. The van der Waals surface area contributed by atoms with Crippen LogP contribution in [0, 0.1) is 10.1 Å². The van der Waals surface area contributed by atoms with E-state index in [0.717, 1.165) is 35.4 Å². The van der Waals surface area contributed by atoms with Crippen LogP contribution in [0.4, 0.5) is 11.5 Å². The van der Waals surface area contributed by atoms with Gasteiger partial charge in [0.25, 0.3) is 5.69 Å². The zero-order chi connectivity index (χ0) is 19.0. The third kappa shape index (κ3) is 3.90. The molecule has 0 spiro atoms. The Kier molecular flexibility index (Phi) is 5.76. The first-order valence-electron chi connectivity index (χ1n) is 8.93. The molecule has 3 aromatic rings. The van der Waals surface area contributed by atoms with Gasteiger partial charge in [-0.2, -0.15) is 0 Å². The Morgan fingerprint density at radius 2 is 1.68 bits per heavy atom. The van der Waals surface area contributed by atoms with E-state index in [-0.39, 0.29) is 30.3 Å². The third-order valence-corrected chi connectivity index (χ3v) is 4.64. The fourth-order valence-corrected chi connectivity index (χ4v) is 3.51. The number of halogens is 1. The molecule has 28 heavy (non-hydrogen) atoms. The van der Waals surface area contributed by atoms with Crippen LogP contribution in [-0.4, -0.2) is 40.2 Å². The van der Waals surface area contributed by atoms with E-state index in [1.165, 1.54) is 12.1 Å². The van der Waals surface area contributed by atoms with Gasteiger partial charge in [0.1, 0.15) is 5.82 Å². The quantitative estimate of drug-likeness (QED) is 0.479. The molecule has 0 saturated carbocycles. The Hall–Kier alpha value is -2.77. The number of rotatable bonds is 3. The van der Waals surface area contributed by atoms with E-state index in [9.17, 15) is 10.1 Å². The van der Waals surface area contributed by atoms with Crippen molar-refractivity contribution in [1.29, 1.82) is 0 Å². The molecule has 1 aliphatic rings. The van der Waals surface area contributed by atoms with Crippen molar-refractivity contribution in [3.63, 3.8) is 0 Å². The van der Waals surface area contributed by atoms with Crippen molar-refractivity contribution in [1.82, 2.24) is 9.97 Å². The predicted octanol–water partition coefficient (Wildman–Crippen LogP) is 0.823. The Morgan fingerprint density at radius 1 is 1.04 bits per heavy atom. The molecule has 0 amide bonds. The lowest BCUT2D eigenvalue weighted by molar-refractivity contribution is -0.384. The summed E-state index contributed by atoms with van der Waals surface area (Å²) in [6.45, 7) is 5.63. The molecule has 146 valence electrons. The van der Waals surface area contributed by atoms with Crippen LogP contribution in [0.5, 0.6) is 0 Å². The van der Waals surface area contributed by atoms with E-state index in [1.807, 2.05) is 24.3 Å². The highest BCUT2D eigenvalue weighted by Gasteiger charge is 2.25. The molecule has 7 nitrogen and oxygen atoms in total. The van der Waals surface area contributed by atoms with Crippen LogP contribution in [-0.2, 0) is 4.74 Å². The summed E-state index contributed by atoms with van der Waals surface area (Å²) >= 11 is 0. The summed E-state index contributed by atoms with van der Waals surface area (Å²) in [5, 5.41) is 11.9. The van der Waals surface area contributed by atoms with Crippen LogP contribution in [0.25, 0.3) is 22.3 Å². The summed E-state index contributed by atoms with van der Waals surface area (Å²) in [7, 11) is 0. The van der Waals surface area contributed by atoms with E-state index in [1.54, 1.807) is 12.1 Å². The standard InChI is InChI=1S/C20H20N4O3.ClH/c1-13-11-23(12-14(2)27-13)20-17-5-3-4-6-18(17)21-19(22-20)15-7-9-16(10-8-15)24(25)26;/h3-10,13-14H,11-12H2,1-2H3;1H/p-1. The Balaban J connectivity index is 0.00000225. The van der Waals surface area contributed by atoms with Crippen molar-refractivity contribution in [3.8, 4) is 11.4 Å². The molecular formula is C20H20ClN4O3-. The summed E-state index contributed by atoms with van der Waals surface area (Å²) < 4.78 is 5.85. The molecule has 0 N–H and O–H groups in total. The Labute approximate surface area is 168 Å². The van der Waals surface area contributed by atoms with Crippen LogP contribution >= 0.6 is 0 Å². The highest BCUT2D eigenvalue weighted by molar-refractivity contribution is 5.91. The van der Waals surface area contributed by atoms with Crippen molar-refractivity contribution < 1.29 is 22.1 Å². The number of fused-ring (bicyclic) bond motifs is 1. The highest BCUT2D eigenvalue weighted by atomic mass is 35.5. The van der Waals surface area contributed by atoms with Gasteiger partial charge in [0.2, 0.25) is 0 Å². The molecule has 2 aromatic carbocycles. The van der Waals surface area contributed by atoms with E-state index in [0.29, 0.717) is 5.82 Å². The number of nitrogens with zero attached hydrogens (tertiary/aromatic N) is 4. The van der Waals surface area contributed by atoms with Gasteiger partial charge in [0.15, 0.2) is 5.82 Å². The van der Waals surface area contributed by atoms with Gasteiger partial charge in [-0.1, -0.05) is 12.1 Å². The molecule has 2 atom stereocenters. The number of hydrogen-bond acceptors (Lipinski definition) is 6. The lowest BCUT2D eigenvalue weighted by Gasteiger charge is -2.36. The fourth-order valence-electron chi connectivity index (χ4n) is 3.51. The number of anilines is 1. The molecule has 0 radical (unpaired) electrons. The van der Waals surface area contributed by atoms with E-state index in [4.69, 9.17) is 9.72 Å². The van der Waals surface area contributed by atoms with E-state index in [2.05, 4.69) is 23.7 Å². The van der Waals surface area contributed by atoms with Crippen molar-refractivity contribution >= 4 is 22.4 Å². The average molecular weight is 400 g/mol. The number of morpholine rings is 1. The first kappa shape index (κ1) is 20.0. The van der Waals surface area contributed by atoms with Crippen molar-refractivity contribution in [2.24, 2.45) is 0 Å². The first-order chi connectivity index (χ1) is 13.0. The van der Waals surface area contributed by atoms with Gasteiger partial charge < -0.3 is 22.0 Å². The van der Waals surface area contributed by atoms with Crippen LogP contribution in [0.2, 0.25) is 0 Å². The number of hydrogen-bond donors (Lipinski definition) is 0. The zero-order valence-corrected chi connectivity index (χ0v) is 16.3. The second-order valence-corrected chi connectivity index (χ2v) is 6.85. The number of nitro groups is 1. The topological polar surface area (TPSA) is 81.4 Å². The SMILES string of the molecule is CC1CN(c2nc(-c3ccc([N+](=O)[O-])cc3)nc3ccccc23)CC(C)O1.[Cl-]. The van der Waals surface area contributed by atoms with Crippen LogP contribution in [0.15, 0.2) is 48.5 Å². The van der Waals surface area contributed by atoms with Crippen molar-refractivity contribution in [2.75, 3.05) is 18.0 Å². The monoisotopic (exact) mass is 399 g/mol. The fraction of sp³-hybridized carbons (Fsp3) is 0.300. The van der Waals surface area contributed by atoms with Gasteiger partial charge >= 0.3 is 0 Å². The smallest absolute Gasteiger partial charge is 0.269 e. The summed E-state index contributed by atoms with van der Waals surface area (Å²) in [6, 6.07) is 14.3. The van der Waals surface area contributed by atoms with E-state index < -0.39 is 4.92 Å². The van der Waals surface area contributed by atoms with Crippen molar-refractivity contribution in [3.05, 3.63) is 58.6 Å². The molecule has 1 aromatic heterocycles.